The molecule has 20 heavy (non-hydrogen) atoms. The number of nitrogen functional groups attached to an aromatic ring is 1. The molecule has 4 aromatic rings. The van der Waals surface area contributed by atoms with Crippen LogP contribution in [0.4, 0.5) is 5.95 Å². The SMILES string of the molecule is Cc1ccc2oc(-c3nc(N)nc4nc[nH]c34)cc2c1. The molecule has 0 atom stereocenters. The number of rotatable bonds is 1. The van der Waals surface area contributed by atoms with E-state index >= 15 is 0 Å². The van der Waals surface area contributed by atoms with E-state index in [0.717, 1.165) is 16.5 Å². The molecule has 6 nitrogen and oxygen atoms in total. The normalized spacial score (nSPS) is 11.4. The van der Waals surface area contributed by atoms with Gasteiger partial charge >= 0.3 is 0 Å². The largest absolute Gasteiger partial charge is 0.454 e. The van der Waals surface area contributed by atoms with Crippen molar-refractivity contribution in [1.29, 1.82) is 0 Å². The van der Waals surface area contributed by atoms with Crippen LogP contribution >= 0.6 is 0 Å². The first kappa shape index (κ1) is 11.0. The molecule has 3 N–H and O–H groups in total. The summed E-state index contributed by atoms with van der Waals surface area (Å²) in [6, 6.07) is 7.97. The molecule has 1 aromatic carbocycles. The molecule has 0 aliphatic heterocycles. The van der Waals surface area contributed by atoms with Crippen molar-refractivity contribution < 1.29 is 4.42 Å². The van der Waals surface area contributed by atoms with Crippen molar-refractivity contribution in [2.45, 2.75) is 6.92 Å². The van der Waals surface area contributed by atoms with E-state index in [9.17, 15) is 0 Å². The molecule has 0 bridgehead atoms. The highest BCUT2D eigenvalue weighted by atomic mass is 16.3. The lowest BCUT2D eigenvalue weighted by molar-refractivity contribution is 0.629. The first-order valence-corrected chi connectivity index (χ1v) is 6.18. The number of benzene rings is 1. The number of H-pyrrole nitrogens is 1. The summed E-state index contributed by atoms with van der Waals surface area (Å²) in [5.74, 6) is 0.824. The molecular formula is C14H11N5O. The number of hydrogen-bond donors (Lipinski definition) is 2. The number of furan rings is 1. The minimum Gasteiger partial charge on any atom is -0.454 e. The Kier molecular flexibility index (Phi) is 2.09. The molecule has 0 aliphatic carbocycles. The van der Waals surface area contributed by atoms with Gasteiger partial charge in [0.05, 0.1) is 6.33 Å². The van der Waals surface area contributed by atoms with E-state index in [1.54, 1.807) is 6.33 Å². The zero-order valence-electron chi connectivity index (χ0n) is 10.7. The number of nitrogens with zero attached hydrogens (tertiary/aromatic N) is 3. The van der Waals surface area contributed by atoms with Crippen LogP contribution in [0.25, 0.3) is 33.6 Å². The summed E-state index contributed by atoms with van der Waals surface area (Å²) in [4.78, 5) is 15.5. The highest BCUT2D eigenvalue weighted by Crippen LogP contribution is 2.30. The van der Waals surface area contributed by atoms with Gasteiger partial charge in [0.25, 0.3) is 0 Å². The van der Waals surface area contributed by atoms with E-state index in [4.69, 9.17) is 10.2 Å². The first-order valence-electron chi connectivity index (χ1n) is 6.18. The fraction of sp³-hybridized carbons (Fsp3) is 0.0714. The lowest BCUT2D eigenvalue weighted by atomic mass is 10.2. The molecule has 0 fully saturated rings. The molecule has 0 unspecified atom stereocenters. The van der Waals surface area contributed by atoms with Crippen LogP contribution in [0.3, 0.4) is 0 Å². The first-order chi connectivity index (χ1) is 9.70. The van der Waals surface area contributed by atoms with Crippen LogP contribution in [0, 0.1) is 6.92 Å². The van der Waals surface area contributed by atoms with Gasteiger partial charge in [-0.1, -0.05) is 11.6 Å². The Balaban J connectivity index is 2.02. The molecule has 3 heterocycles. The minimum atomic E-state index is 0.177. The Bertz CT molecular complexity index is 937. The molecule has 0 aliphatic rings. The topological polar surface area (TPSA) is 93.6 Å². The Morgan fingerprint density at radius 1 is 1.20 bits per heavy atom. The summed E-state index contributed by atoms with van der Waals surface area (Å²) in [6.45, 7) is 2.04. The van der Waals surface area contributed by atoms with Crippen LogP contribution in [-0.4, -0.2) is 19.9 Å². The Morgan fingerprint density at radius 2 is 2.10 bits per heavy atom. The average Bonchev–Trinajstić information content (AvgIpc) is 3.02. The molecular weight excluding hydrogens is 254 g/mol. The smallest absolute Gasteiger partial charge is 0.222 e. The van der Waals surface area contributed by atoms with Gasteiger partial charge in [-0.05, 0) is 25.1 Å². The van der Waals surface area contributed by atoms with Crippen LogP contribution in [0.2, 0.25) is 0 Å². The molecule has 0 radical (unpaired) electrons. The summed E-state index contributed by atoms with van der Waals surface area (Å²) in [5, 5.41) is 1.03. The number of hydrogen-bond acceptors (Lipinski definition) is 5. The zero-order valence-corrected chi connectivity index (χ0v) is 10.7. The van der Waals surface area contributed by atoms with E-state index in [-0.39, 0.29) is 5.95 Å². The molecule has 3 aromatic heterocycles. The summed E-state index contributed by atoms with van der Waals surface area (Å²) in [7, 11) is 0. The molecule has 0 saturated heterocycles. The number of anilines is 1. The van der Waals surface area contributed by atoms with Crippen LogP contribution in [0.5, 0.6) is 0 Å². The summed E-state index contributed by atoms with van der Waals surface area (Å²) in [5.41, 5.74) is 9.59. The number of aromatic amines is 1. The van der Waals surface area contributed by atoms with E-state index in [1.807, 2.05) is 25.1 Å². The van der Waals surface area contributed by atoms with Gasteiger partial charge in [-0.15, -0.1) is 0 Å². The molecule has 6 heteroatoms. The lowest BCUT2D eigenvalue weighted by Gasteiger charge is -1.98. The van der Waals surface area contributed by atoms with Crippen molar-refractivity contribution in [3.05, 3.63) is 36.2 Å². The molecule has 4 rings (SSSR count). The van der Waals surface area contributed by atoms with Crippen LogP contribution in [0.15, 0.2) is 35.0 Å². The van der Waals surface area contributed by atoms with Crippen molar-refractivity contribution >= 4 is 28.1 Å². The van der Waals surface area contributed by atoms with Crippen LogP contribution in [-0.2, 0) is 0 Å². The number of aryl methyl sites for hydroxylation is 1. The van der Waals surface area contributed by atoms with E-state index in [1.165, 1.54) is 5.56 Å². The lowest BCUT2D eigenvalue weighted by Crippen LogP contribution is -1.97. The quantitative estimate of drug-likeness (QED) is 0.551. The third-order valence-electron chi connectivity index (χ3n) is 3.21. The van der Waals surface area contributed by atoms with Crippen LogP contribution in [0.1, 0.15) is 5.56 Å². The zero-order chi connectivity index (χ0) is 13.7. The summed E-state index contributed by atoms with van der Waals surface area (Å²) < 4.78 is 5.85. The second kappa shape index (κ2) is 3.80. The monoisotopic (exact) mass is 265 g/mol. The maximum atomic E-state index is 5.85. The van der Waals surface area contributed by atoms with Gasteiger partial charge in [0.2, 0.25) is 5.95 Å². The van der Waals surface area contributed by atoms with Crippen molar-refractivity contribution in [2.24, 2.45) is 0 Å². The van der Waals surface area contributed by atoms with Crippen molar-refractivity contribution in [1.82, 2.24) is 19.9 Å². The van der Waals surface area contributed by atoms with Gasteiger partial charge in [-0.2, -0.15) is 4.98 Å². The maximum Gasteiger partial charge on any atom is 0.222 e. The van der Waals surface area contributed by atoms with Crippen molar-refractivity contribution in [2.75, 3.05) is 5.73 Å². The number of aromatic nitrogens is 4. The van der Waals surface area contributed by atoms with Gasteiger partial charge in [0.1, 0.15) is 16.8 Å². The van der Waals surface area contributed by atoms with Gasteiger partial charge < -0.3 is 15.1 Å². The fourth-order valence-corrected chi connectivity index (χ4v) is 2.31. The number of imidazole rings is 1. The highest BCUT2D eigenvalue weighted by Gasteiger charge is 2.14. The van der Waals surface area contributed by atoms with Gasteiger partial charge in [-0.3, -0.25) is 0 Å². The van der Waals surface area contributed by atoms with Gasteiger partial charge in [0.15, 0.2) is 11.4 Å². The second-order valence-corrected chi connectivity index (χ2v) is 4.68. The minimum absolute atomic E-state index is 0.177. The third kappa shape index (κ3) is 1.55. The van der Waals surface area contributed by atoms with Crippen molar-refractivity contribution in [3.63, 3.8) is 0 Å². The standard InChI is InChI=1S/C14H11N5O/c1-7-2-3-9-8(4-7)5-10(20-9)11-12-13(17-6-16-12)19-14(15)18-11/h2-6H,1H3,(H3,15,16,17,18,19). The maximum absolute atomic E-state index is 5.85. The highest BCUT2D eigenvalue weighted by molar-refractivity contribution is 5.90. The van der Waals surface area contributed by atoms with Gasteiger partial charge in [0, 0.05) is 5.39 Å². The Hall–Kier alpha value is -2.89. The number of nitrogens with two attached hydrogens (primary N) is 1. The Labute approximate surface area is 113 Å². The van der Waals surface area contributed by atoms with Crippen LogP contribution < -0.4 is 5.73 Å². The fourth-order valence-electron chi connectivity index (χ4n) is 2.31. The predicted molar refractivity (Wildman–Crippen MR) is 76.0 cm³/mol. The van der Waals surface area contributed by atoms with E-state index in [2.05, 4.69) is 26.0 Å². The molecule has 98 valence electrons. The summed E-state index contributed by atoms with van der Waals surface area (Å²) in [6.07, 6.45) is 1.56. The van der Waals surface area contributed by atoms with Crippen molar-refractivity contribution in [3.8, 4) is 11.5 Å². The third-order valence-corrected chi connectivity index (χ3v) is 3.21. The average molecular weight is 265 g/mol. The molecule has 0 amide bonds. The second-order valence-electron chi connectivity index (χ2n) is 4.68. The predicted octanol–water partition coefficient (Wildman–Crippen LogP) is 2.66. The Morgan fingerprint density at radius 3 is 3.00 bits per heavy atom. The number of nitrogens with one attached hydrogen (secondary N) is 1. The molecule has 0 spiro atoms. The van der Waals surface area contributed by atoms with E-state index in [0.29, 0.717) is 17.1 Å². The van der Waals surface area contributed by atoms with E-state index < -0.39 is 0 Å². The number of fused-ring (bicyclic) bond motifs is 2. The summed E-state index contributed by atoms with van der Waals surface area (Å²) >= 11 is 0. The van der Waals surface area contributed by atoms with Gasteiger partial charge in [-0.25, -0.2) is 9.97 Å². The molecule has 0 saturated carbocycles.